The van der Waals surface area contributed by atoms with Crippen LogP contribution in [0.15, 0.2) is 340 Å². The van der Waals surface area contributed by atoms with Crippen LogP contribution in [-0.4, -0.2) is 0 Å². The van der Waals surface area contributed by atoms with Crippen LogP contribution in [0.3, 0.4) is 0 Å². The average Bonchev–Trinajstić information content (AvgIpc) is 1.16. The number of hydrogen-bond donors (Lipinski definition) is 0. The molecule has 2 nitrogen and oxygen atoms in total. The number of aryl methyl sites for hydroxylation is 4. The maximum atomic E-state index is 2.48. The van der Waals surface area contributed by atoms with Gasteiger partial charge in [-0.25, -0.2) is 0 Å². The van der Waals surface area contributed by atoms with Gasteiger partial charge >= 0.3 is 0 Å². The van der Waals surface area contributed by atoms with E-state index in [0.717, 1.165) is 55.7 Å². The summed E-state index contributed by atoms with van der Waals surface area (Å²) in [5.74, 6) is 0. The van der Waals surface area contributed by atoms with E-state index in [2.05, 4.69) is 433 Å². The molecule has 17 aromatic carbocycles. The fourth-order valence-corrected chi connectivity index (χ4v) is 21.2. The molecule has 0 aromatic heterocycles. The summed E-state index contributed by atoms with van der Waals surface area (Å²) in [7, 11) is 0. The first-order valence-corrected chi connectivity index (χ1v) is 41.4. The lowest BCUT2D eigenvalue weighted by Gasteiger charge is -2.33. The molecule has 0 aliphatic heterocycles. The van der Waals surface area contributed by atoms with E-state index in [-0.39, 0.29) is 21.7 Å². The second kappa shape index (κ2) is 26.2. The van der Waals surface area contributed by atoms with Crippen molar-refractivity contribution in [3.05, 3.63) is 406 Å². The summed E-state index contributed by atoms with van der Waals surface area (Å²) in [6.07, 6.45) is 0. The Morgan fingerprint density at radius 3 is 0.655 bits per heavy atom. The molecule has 2 heteroatoms. The van der Waals surface area contributed by atoms with Crippen LogP contribution >= 0.6 is 0 Å². The van der Waals surface area contributed by atoms with Gasteiger partial charge in [-0.05, 0) is 291 Å². The van der Waals surface area contributed by atoms with Crippen LogP contribution in [0.4, 0.5) is 34.1 Å². The van der Waals surface area contributed by atoms with Crippen molar-refractivity contribution >= 4 is 55.7 Å². The second-order valence-electron chi connectivity index (χ2n) is 35.3. The van der Waals surface area contributed by atoms with E-state index in [1.807, 2.05) is 0 Å². The van der Waals surface area contributed by atoms with Crippen LogP contribution in [0.5, 0.6) is 0 Å². The van der Waals surface area contributed by atoms with Crippen LogP contribution in [0.25, 0.3) is 133 Å². The molecular weight excluding hydrogens is 1400 g/mol. The molecule has 21 rings (SSSR count). The number of hydrogen-bond acceptors (Lipinski definition) is 2. The molecule has 0 amide bonds. The molecule has 0 unspecified atom stereocenters. The molecule has 0 saturated heterocycles. The Bertz CT molecular complexity index is 6440. The Kier molecular flexibility index (Phi) is 16.0. The third-order valence-corrected chi connectivity index (χ3v) is 27.1. The van der Waals surface area contributed by atoms with Gasteiger partial charge in [-0.1, -0.05) is 310 Å². The summed E-state index contributed by atoms with van der Waals surface area (Å²) >= 11 is 0. The molecule has 0 heterocycles. The van der Waals surface area contributed by atoms with Crippen molar-refractivity contribution in [1.29, 1.82) is 0 Å². The predicted octanol–water partition coefficient (Wildman–Crippen LogP) is 31.4. The van der Waals surface area contributed by atoms with Gasteiger partial charge in [-0.3, -0.25) is 0 Å². The van der Waals surface area contributed by atoms with E-state index in [0.29, 0.717) is 0 Å². The second-order valence-corrected chi connectivity index (χ2v) is 35.3. The molecule has 116 heavy (non-hydrogen) atoms. The topological polar surface area (TPSA) is 6.48 Å². The van der Waals surface area contributed by atoms with Crippen molar-refractivity contribution in [2.45, 2.75) is 105 Å². The SMILES string of the molecule is Cc1cc(-c2ccc3c(c2)C(C)(C)c2cc(-c4ccc5c(c4)C(C)(C)c4ccccc4-5)ccc2-3)cc(C)c1-c1ccc(N(c2ccccc2)c2c3ccccc3c(N(c3ccccc3)c3ccc(-c4c(C)cc(-c5ccc6c(c5)C(C)(C)c5cc(-c7ccc8c(c7)C(C)(C)c7ccccc7-8)ccc5-6)cc4C)cc3)c3ccccc23)cc1. The minimum absolute atomic E-state index is 0.0510. The lowest BCUT2D eigenvalue weighted by atomic mass is 9.80. The van der Waals surface area contributed by atoms with Crippen LogP contribution < -0.4 is 9.80 Å². The summed E-state index contributed by atoms with van der Waals surface area (Å²) in [4.78, 5) is 4.96. The molecule has 17 aromatic rings. The van der Waals surface area contributed by atoms with E-state index in [4.69, 9.17) is 0 Å². The number of benzene rings is 17. The fraction of sp³-hybridized carbons (Fsp3) is 0.140. The molecule has 0 N–H and O–H groups in total. The third kappa shape index (κ3) is 10.8. The zero-order valence-corrected chi connectivity index (χ0v) is 68.2. The predicted molar refractivity (Wildman–Crippen MR) is 493 cm³/mol. The van der Waals surface area contributed by atoms with Gasteiger partial charge in [0.1, 0.15) is 0 Å². The summed E-state index contributed by atoms with van der Waals surface area (Å²) in [6, 6.07) is 129. The minimum atomic E-state index is -0.182. The monoisotopic (exact) mass is 1490 g/mol. The van der Waals surface area contributed by atoms with Crippen molar-refractivity contribution in [2.75, 3.05) is 9.80 Å². The van der Waals surface area contributed by atoms with Crippen molar-refractivity contribution in [3.63, 3.8) is 0 Å². The van der Waals surface area contributed by atoms with Crippen molar-refractivity contribution in [3.8, 4) is 111 Å². The number of fused-ring (bicyclic) bond motifs is 14. The zero-order chi connectivity index (χ0) is 79.0. The van der Waals surface area contributed by atoms with Crippen LogP contribution in [0, 0.1) is 27.7 Å². The van der Waals surface area contributed by atoms with Gasteiger partial charge < -0.3 is 9.80 Å². The Hall–Kier alpha value is -13.1. The normalized spacial score (nSPS) is 14.3. The molecule has 0 bridgehead atoms. The Labute approximate surface area is 683 Å². The zero-order valence-electron chi connectivity index (χ0n) is 68.2. The van der Waals surface area contributed by atoms with Crippen LogP contribution in [0.2, 0.25) is 0 Å². The van der Waals surface area contributed by atoms with E-state index in [9.17, 15) is 0 Å². The average molecular weight is 1490 g/mol. The Morgan fingerprint density at radius 2 is 0.379 bits per heavy atom. The molecule has 4 aliphatic carbocycles. The lowest BCUT2D eigenvalue weighted by Crippen LogP contribution is -2.15. The number of anilines is 6. The Morgan fingerprint density at radius 1 is 0.172 bits per heavy atom. The third-order valence-electron chi connectivity index (χ3n) is 27.1. The maximum Gasteiger partial charge on any atom is 0.0619 e. The number of rotatable bonds is 12. The van der Waals surface area contributed by atoms with Gasteiger partial charge in [0.25, 0.3) is 0 Å². The number of para-hydroxylation sites is 2. The molecular formula is C114H92N2. The van der Waals surface area contributed by atoms with E-state index in [1.54, 1.807) is 0 Å². The lowest BCUT2D eigenvalue weighted by molar-refractivity contribution is 0.659. The summed E-state index contributed by atoms with van der Waals surface area (Å²) < 4.78 is 0. The Balaban J connectivity index is 0.576. The molecule has 0 fully saturated rings. The minimum Gasteiger partial charge on any atom is -0.309 e. The van der Waals surface area contributed by atoms with Gasteiger partial charge in [0.2, 0.25) is 0 Å². The smallest absolute Gasteiger partial charge is 0.0619 e. The van der Waals surface area contributed by atoms with Gasteiger partial charge in [0.05, 0.1) is 11.4 Å². The van der Waals surface area contributed by atoms with Crippen molar-refractivity contribution in [2.24, 2.45) is 0 Å². The maximum absolute atomic E-state index is 2.48. The van der Waals surface area contributed by atoms with Crippen molar-refractivity contribution in [1.82, 2.24) is 0 Å². The highest BCUT2D eigenvalue weighted by Gasteiger charge is 2.41. The van der Waals surface area contributed by atoms with E-state index < -0.39 is 0 Å². The van der Waals surface area contributed by atoms with E-state index in [1.165, 1.54) is 178 Å². The molecule has 0 spiro atoms. The van der Waals surface area contributed by atoms with E-state index >= 15 is 0 Å². The summed E-state index contributed by atoms with van der Waals surface area (Å²) in [5.41, 5.74) is 48.1. The molecule has 0 radical (unpaired) electrons. The molecule has 4 aliphatic rings. The first kappa shape index (κ1) is 70.7. The molecule has 0 saturated carbocycles. The fourth-order valence-electron chi connectivity index (χ4n) is 21.2. The van der Waals surface area contributed by atoms with Gasteiger partial charge in [0, 0.05) is 66.0 Å². The molecule has 558 valence electrons. The standard InChI is InChI=1S/C114H92N2/c1-69-59-81(79-47-57-93-91-55-45-77(65-103(91)113(9,10)105(93)67-79)75-43-53-89-87-31-23-25-37-99(87)111(5,6)101(89)63-75)60-70(2)107(69)73-39-49-85(50-40-73)115(83-27-15-13-16-28-83)109-95-33-19-21-35-97(95)110(98-36-22-20-34-96(98)109)116(84-29-17-14-18-30-84)86-51-41-74(42-52-86)108-71(3)61-82(62-72(108)4)80-48-58-94-92-56-46-78(66-104(92)114(11,12)106(94)68-80)76-44-54-90-88-32-24-26-38-100(88)112(7,8)102(90)64-76/h13-68H,1-12H3. The van der Waals surface area contributed by atoms with Gasteiger partial charge in [0.15, 0.2) is 0 Å². The summed E-state index contributed by atoms with van der Waals surface area (Å²) in [6.45, 7) is 28.3. The highest BCUT2D eigenvalue weighted by atomic mass is 15.2. The van der Waals surface area contributed by atoms with Gasteiger partial charge in [-0.2, -0.15) is 0 Å². The highest BCUT2D eigenvalue weighted by Crippen LogP contribution is 2.58. The van der Waals surface area contributed by atoms with Crippen LogP contribution in [-0.2, 0) is 21.7 Å². The highest BCUT2D eigenvalue weighted by molar-refractivity contribution is 6.23. The summed E-state index contributed by atoms with van der Waals surface area (Å²) in [5, 5.41) is 4.62. The quantitative estimate of drug-likeness (QED) is 0.0888. The van der Waals surface area contributed by atoms with Gasteiger partial charge in [-0.15, -0.1) is 0 Å². The number of nitrogens with zero attached hydrogens (tertiary/aromatic N) is 2. The van der Waals surface area contributed by atoms with Crippen molar-refractivity contribution < 1.29 is 0 Å². The first-order valence-electron chi connectivity index (χ1n) is 41.4. The largest absolute Gasteiger partial charge is 0.309 e. The first-order chi connectivity index (χ1) is 56.2. The van der Waals surface area contributed by atoms with Crippen LogP contribution in [0.1, 0.15) is 122 Å². The molecule has 0 atom stereocenters.